The molecule has 0 spiro atoms. The van der Waals surface area contributed by atoms with Crippen LogP contribution in [0.25, 0.3) is 0 Å². The number of likely N-dealkylation sites (tertiary alicyclic amines) is 1. The number of carbonyl (C=O) groups excluding carboxylic acids is 1. The maximum Gasteiger partial charge on any atom is 0.410 e. The van der Waals surface area contributed by atoms with Crippen LogP contribution in [-0.4, -0.2) is 67.2 Å². The average molecular weight is 468 g/mol. The Kier molecular flexibility index (Phi) is 11.5. The predicted molar refractivity (Wildman–Crippen MR) is 115 cm³/mol. The van der Waals surface area contributed by atoms with E-state index in [2.05, 4.69) is 22.1 Å². The summed E-state index contributed by atoms with van der Waals surface area (Å²) in [5.74, 6) is 1.52. The molecule has 0 bridgehead atoms. The van der Waals surface area contributed by atoms with Gasteiger partial charge in [0.1, 0.15) is 5.60 Å². The van der Waals surface area contributed by atoms with Crippen molar-refractivity contribution in [1.29, 1.82) is 0 Å². The molecule has 0 aromatic rings. The van der Waals surface area contributed by atoms with E-state index in [-0.39, 0.29) is 30.1 Å². The van der Waals surface area contributed by atoms with E-state index in [4.69, 9.17) is 4.74 Å². The summed E-state index contributed by atoms with van der Waals surface area (Å²) in [5, 5.41) is 3.39. The summed E-state index contributed by atoms with van der Waals surface area (Å²) < 4.78 is 5.50. The molecule has 0 radical (unpaired) electrons. The van der Waals surface area contributed by atoms with Gasteiger partial charge in [0.25, 0.3) is 0 Å². The lowest BCUT2D eigenvalue weighted by Gasteiger charge is -2.36. The Morgan fingerprint density at radius 1 is 1.28 bits per heavy atom. The molecular weight excluding hydrogens is 431 g/mol. The number of guanidine groups is 1. The molecular formula is C18H37IN4O2. The molecule has 148 valence electrons. The Labute approximate surface area is 170 Å². The standard InChI is InChI=1S/C18H36N4O2.HI/c1-7-11-20-16(19-6)22-12-9-15(10-13-22)14-21(8-2)17(23)24-18(3,4)5;/h15H,7-14H2,1-6H3,(H,19,20);1H. The van der Waals surface area contributed by atoms with Crippen LogP contribution in [0.5, 0.6) is 0 Å². The van der Waals surface area contributed by atoms with Gasteiger partial charge in [-0.3, -0.25) is 4.99 Å². The molecule has 0 atom stereocenters. The van der Waals surface area contributed by atoms with E-state index in [0.29, 0.717) is 12.5 Å². The van der Waals surface area contributed by atoms with Crippen molar-refractivity contribution < 1.29 is 9.53 Å². The third-order valence-electron chi connectivity index (χ3n) is 4.17. The monoisotopic (exact) mass is 468 g/mol. The molecule has 0 aliphatic carbocycles. The normalized spacial score (nSPS) is 16.2. The molecule has 7 heteroatoms. The summed E-state index contributed by atoms with van der Waals surface area (Å²) in [5.41, 5.74) is -0.439. The van der Waals surface area contributed by atoms with Gasteiger partial charge in [0, 0.05) is 39.8 Å². The Bertz CT molecular complexity index is 416. The second-order valence-corrected chi connectivity index (χ2v) is 7.42. The number of nitrogens with one attached hydrogen (secondary N) is 1. The first-order valence-electron chi connectivity index (χ1n) is 9.24. The van der Waals surface area contributed by atoms with Crippen molar-refractivity contribution in [3.8, 4) is 0 Å². The van der Waals surface area contributed by atoms with Gasteiger partial charge in [0.2, 0.25) is 0 Å². The molecule has 1 amide bonds. The summed E-state index contributed by atoms with van der Waals surface area (Å²) in [4.78, 5) is 20.8. The molecule has 0 aromatic carbocycles. The zero-order chi connectivity index (χ0) is 18.2. The van der Waals surface area contributed by atoms with Crippen molar-refractivity contribution in [2.45, 2.75) is 59.5 Å². The number of halogens is 1. The molecule has 25 heavy (non-hydrogen) atoms. The number of aliphatic imine (C=N–C) groups is 1. The van der Waals surface area contributed by atoms with Gasteiger partial charge < -0.3 is 19.9 Å². The van der Waals surface area contributed by atoms with Crippen LogP contribution in [0.3, 0.4) is 0 Å². The minimum Gasteiger partial charge on any atom is -0.444 e. The quantitative estimate of drug-likeness (QED) is 0.381. The van der Waals surface area contributed by atoms with Crippen LogP contribution in [-0.2, 0) is 4.74 Å². The highest BCUT2D eigenvalue weighted by atomic mass is 127. The van der Waals surface area contributed by atoms with Gasteiger partial charge in [-0.25, -0.2) is 4.79 Å². The van der Waals surface area contributed by atoms with Gasteiger partial charge in [-0.1, -0.05) is 6.92 Å². The fourth-order valence-electron chi connectivity index (χ4n) is 2.87. The first kappa shape index (κ1) is 24.3. The van der Waals surface area contributed by atoms with E-state index in [0.717, 1.165) is 51.4 Å². The van der Waals surface area contributed by atoms with E-state index in [1.165, 1.54) is 0 Å². The van der Waals surface area contributed by atoms with Gasteiger partial charge in [0.15, 0.2) is 5.96 Å². The lowest BCUT2D eigenvalue weighted by atomic mass is 9.96. The van der Waals surface area contributed by atoms with Crippen LogP contribution in [0.2, 0.25) is 0 Å². The van der Waals surface area contributed by atoms with Crippen molar-refractivity contribution in [3.05, 3.63) is 0 Å². The minimum absolute atomic E-state index is 0. The number of nitrogens with zero attached hydrogens (tertiary/aromatic N) is 3. The summed E-state index contributed by atoms with van der Waals surface area (Å²) >= 11 is 0. The largest absolute Gasteiger partial charge is 0.444 e. The lowest BCUT2D eigenvalue weighted by molar-refractivity contribution is 0.0214. The van der Waals surface area contributed by atoms with Gasteiger partial charge in [0.05, 0.1) is 0 Å². The van der Waals surface area contributed by atoms with E-state index >= 15 is 0 Å². The van der Waals surface area contributed by atoms with E-state index in [1.807, 2.05) is 39.6 Å². The Balaban J connectivity index is 0.00000576. The second-order valence-electron chi connectivity index (χ2n) is 7.42. The minimum atomic E-state index is -0.439. The predicted octanol–water partition coefficient (Wildman–Crippen LogP) is 3.56. The molecule has 1 fully saturated rings. The van der Waals surface area contributed by atoms with Crippen LogP contribution in [0.15, 0.2) is 4.99 Å². The summed E-state index contributed by atoms with van der Waals surface area (Å²) in [7, 11) is 1.84. The zero-order valence-electron chi connectivity index (χ0n) is 16.8. The van der Waals surface area contributed by atoms with Gasteiger partial charge in [-0.2, -0.15) is 0 Å². The van der Waals surface area contributed by atoms with Gasteiger partial charge in [-0.15, -0.1) is 24.0 Å². The highest BCUT2D eigenvalue weighted by molar-refractivity contribution is 14.0. The molecule has 0 unspecified atom stereocenters. The topological polar surface area (TPSA) is 57.2 Å². The Morgan fingerprint density at radius 3 is 2.32 bits per heavy atom. The number of ether oxygens (including phenoxy) is 1. The first-order chi connectivity index (χ1) is 11.3. The second kappa shape index (κ2) is 11.8. The highest BCUT2D eigenvalue weighted by Crippen LogP contribution is 2.20. The fraction of sp³-hybridized carbons (Fsp3) is 0.889. The van der Waals surface area contributed by atoms with Crippen molar-refractivity contribution in [1.82, 2.24) is 15.1 Å². The molecule has 1 heterocycles. The Morgan fingerprint density at radius 2 is 1.88 bits per heavy atom. The Hall–Kier alpha value is -0.730. The SMILES string of the molecule is CCCNC(=NC)N1CCC(CN(CC)C(=O)OC(C)(C)C)CC1.I. The van der Waals surface area contributed by atoms with E-state index in [9.17, 15) is 4.79 Å². The van der Waals surface area contributed by atoms with Gasteiger partial charge in [-0.05, 0) is 52.9 Å². The number of rotatable bonds is 5. The molecule has 1 saturated heterocycles. The fourth-order valence-corrected chi connectivity index (χ4v) is 2.87. The van der Waals surface area contributed by atoms with Crippen molar-refractivity contribution in [2.24, 2.45) is 10.9 Å². The van der Waals surface area contributed by atoms with Crippen molar-refractivity contribution >= 4 is 36.0 Å². The number of piperidine rings is 1. The molecule has 0 saturated carbocycles. The number of hydrogen-bond acceptors (Lipinski definition) is 3. The summed E-state index contributed by atoms with van der Waals surface area (Å²) in [6.07, 6.45) is 3.04. The number of hydrogen-bond donors (Lipinski definition) is 1. The number of amides is 1. The molecule has 1 aliphatic rings. The smallest absolute Gasteiger partial charge is 0.410 e. The van der Waals surface area contributed by atoms with Crippen LogP contribution in [0.4, 0.5) is 4.79 Å². The maximum absolute atomic E-state index is 12.3. The average Bonchev–Trinajstić information content (AvgIpc) is 2.52. The summed E-state index contributed by atoms with van der Waals surface area (Å²) in [6, 6.07) is 0. The lowest BCUT2D eigenvalue weighted by Crippen LogP contribution is -2.48. The zero-order valence-corrected chi connectivity index (χ0v) is 19.1. The number of carbonyl (C=O) groups is 1. The third-order valence-corrected chi connectivity index (χ3v) is 4.17. The highest BCUT2D eigenvalue weighted by Gasteiger charge is 2.26. The van der Waals surface area contributed by atoms with Crippen molar-refractivity contribution in [3.63, 3.8) is 0 Å². The van der Waals surface area contributed by atoms with Crippen LogP contribution >= 0.6 is 24.0 Å². The molecule has 0 aromatic heterocycles. The molecule has 6 nitrogen and oxygen atoms in total. The summed E-state index contributed by atoms with van der Waals surface area (Å²) in [6.45, 7) is 14.3. The van der Waals surface area contributed by atoms with Crippen LogP contribution in [0.1, 0.15) is 53.9 Å². The van der Waals surface area contributed by atoms with E-state index in [1.54, 1.807) is 0 Å². The van der Waals surface area contributed by atoms with Crippen LogP contribution in [0, 0.1) is 5.92 Å². The molecule has 1 aliphatic heterocycles. The third kappa shape index (κ3) is 8.96. The molecule has 1 N–H and O–H groups in total. The maximum atomic E-state index is 12.3. The van der Waals surface area contributed by atoms with E-state index < -0.39 is 5.60 Å². The van der Waals surface area contributed by atoms with Crippen molar-refractivity contribution in [2.75, 3.05) is 39.8 Å². The molecule has 1 rings (SSSR count). The van der Waals surface area contributed by atoms with Crippen LogP contribution < -0.4 is 5.32 Å². The van der Waals surface area contributed by atoms with Gasteiger partial charge >= 0.3 is 6.09 Å². The first-order valence-corrected chi connectivity index (χ1v) is 9.24.